The Kier molecular flexibility index (Phi) is 7.25. The zero-order chi connectivity index (χ0) is 20.0. The van der Waals surface area contributed by atoms with E-state index in [0.717, 1.165) is 23.2 Å². The van der Waals surface area contributed by atoms with Crippen molar-refractivity contribution in [2.24, 2.45) is 0 Å². The van der Waals surface area contributed by atoms with Crippen molar-refractivity contribution in [2.45, 2.75) is 33.3 Å². The molecule has 0 spiro atoms. The molecule has 144 valence electrons. The third-order valence-corrected chi connectivity index (χ3v) is 4.45. The molecule has 2 rings (SSSR count). The van der Waals surface area contributed by atoms with Crippen LogP contribution in [0.15, 0.2) is 42.5 Å². The maximum absolute atomic E-state index is 12.5. The second kappa shape index (κ2) is 9.42. The number of carbonyl (C=O) groups excluding carboxylic acids is 2. The summed E-state index contributed by atoms with van der Waals surface area (Å²) in [7, 11) is 1.59. The fraction of sp³-hybridized carbons (Fsp3) is 0.333. The van der Waals surface area contributed by atoms with E-state index in [1.807, 2.05) is 38.1 Å². The summed E-state index contributed by atoms with van der Waals surface area (Å²) < 4.78 is 5.74. The minimum atomic E-state index is -0.717. The van der Waals surface area contributed by atoms with Crippen molar-refractivity contribution < 1.29 is 14.3 Å². The third-order valence-electron chi connectivity index (χ3n) is 4.22. The summed E-state index contributed by atoms with van der Waals surface area (Å²) >= 11 is 5.94. The number of nitrogens with zero attached hydrogens (tertiary/aromatic N) is 1. The molecule has 5 nitrogen and oxygen atoms in total. The number of ether oxygens (including phenoxy) is 1. The van der Waals surface area contributed by atoms with Crippen molar-refractivity contribution >= 4 is 29.1 Å². The number of nitrogens with one attached hydrogen (secondary N) is 1. The molecular weight excluding hydrogens is 364 g/mol. The molecule has 0 aromatic heterocycles. The molecule has 0 saturated carbocycles. The Morgan fingerprint density at radius 2 is 1.93 bits per heavy atom. The Morgan fingerprint density at radius 1 is 1.22 bits per heavy atom. The zero-order valence-corrected chi connectivity index (χ0v) is 16.8. The Hall–Kier alpha value is -2.53. The SMILES string of the molecule is CCc1ccccc1NC(=O)CN(C)C(=O)C(C)Oc1ccc(Cl)cc1C. The van der Waals surface area contributed by atoms with Crippen LogP contribution in [0.3, 0.4) is 0 Å². The molecule has 27 heavy (non-hydrogen) atoms. The lowest BCUT2D eigenvalue weighted by Crippen LogP contribution is -2.42. The van der Waals surface area contributed by atoms with Crippen LogP contribution in [0.4, 0.5) is 5.69 Å². The second-order valence-electron chi connectivity index (χ2n) is 6.42. The average Bonchev–Trinajstić information content (AvgIpc) is 2.63. The number of aryl methyl sites for hydroxylation is 2. The summed E-state index contributed by atoms with van der Waals surface area (Å²) in [6, 6.07) is 12.8. The van der Waals surface area contributed by atoms with E-state index in [2.05, 4.69) is 5.32 Å². The van der Waals surface area contributed by atoms with Crippen LogP contribution in [-0.2, 0) is 16.0 Å². The first kappa shape index (κ1) is 20.8. The highest BCUT2D eigenvalue weighted by Gasteiger charge is 2.22. The standard InChI is InChI=1S/C21H25ClN2O3/c1-5-16-8-6-7-9-18(16)23-20(25)13-24(4)21(26)15(3)27-19-11-10-17(22)12-14(19)2/h6-12,15H,5,13H2,1-4H3,(H,23,25). The molecule has 0 aliphatic rings. The lowest BCUT2D eigenvalue weighted by molar-refractivity contribution is -0.139. The van der Waals surface area contributed by atoms with Gasteiger partial charge < -0.3 is 15.0 Å². The number of benzene rings is 2. The molecule has 0 fully saturated rings. The molecule has 2 amide bonds. The molecule has 0 bridgehead atoms. The molecule has 6 heteroatoms. The van der Waals surface area contributed by atoms with E-state index >= 15 is 0 Å². The Bertz CT molecular complexity index is 823. The molecule has 2 aromatic carbocycles. The Labute approximate surface area is 165 Å². The van der Waals surface area contributed by atoms with E-state index < -0.39 is 6.10 Å². The second-order valence-corrected chi connectivity index (χ2v) is 6.86. The van der Waals surface area contributed by atoms with E-state index in [1.54, 1.807) is 32.2 Å². The Morgan fingerprint density at radius 3 is 2.59 bits per heavy atom. The van der Waals surface area contributed by atoms with Gasteiger partial charge in [0.2, 0.25) is 5.91 Å². The first-order valence-corrected chi connectivity index (χ1v) is 9.25. The number of carbonyl (C=O) groups is 2. The highest BCUT2D eigenvalue weighted by molar-refractivity contribution is 6.30. The van der Waals surface area contributed by atoms with Gasteiger partial charge in [-0.1, -0.05) is 36.7 Å². The van der Waals surface area contributed by atoms with E-state index in [-0.39, 0.29) is 18.4 Å². The number of halogens is 1. The summed E-state index contributed by atoms with van der Waals surface area (Å²) in [5.74, 6) is 0.0693. The van der Waals surface area contributed by atoms with Gasteiger partial charge in [0.25, 0.3) is 5.91 Å². The molecule has 0 radical (unpaired) electrons. The smallest absolute Gasteiger partial charge is 0.263 e. The van der Waals surface area contributed by atoms with Gasteiger partial charge in [-0.25, -0.2) is 0 Å². The molecule has 0 aliphatic heterocycles. The molecule has 0 saturated heterocycles. The monoisotopic (exact) mass is 388 g/mol. The van der Waals surface area contributed by atoms with Gasteiger partial charge in [0.05, 0.1) is 6.54 Å². The summed E-state index contributed by atoms with van der Waals surface area (Å²) in [4.78, 5) is 26.2. The fourth-order valence-electron chi connectivity index (χ4n) is 2.73. The lowest BCUT2D eigenvalue weighted by atomic mass is 10.1. The van der Waals surface area contributed by atoms with Crippen LogP contribution < -0.4 is 10.1 Å². The van der Waals surface area contributed by atoms with Crippen LogP contribution in [0.1, 0.15) is 25.0 Å². The van der Waals surface area contributed by atoms with Crippen molar-refractivity contribution in [1.29, 1.82) is 0 Å². The summed E-state index contributed by atoms with van der Waals surface area (Å²) in [6.45, 7) is 5.50. The van der Waals surface area contributed by atoms with Gasteiger partial charge >= 0.3 is 0 Å². The maximum Gasteiger partial charge on any atom is 0.263 e. The molecule has 1 unspecified atom stereocenters. The number of anilines is 1. The van der Waals surface area contributed by atoms with Crippen molar-refractivity contribution in [1.82, 2.24) is 4.90 Å². The molecule has 1 N–H and O–H groups in total. The van der Waals surface area contributed by atoms with Gasteiger partial charge in [0.1, 0.15) is 5.75 Å². The molecule has 1 atom stereocenters. The van der Waals surface area contributed by atoms with Crippen molar-refractivity contribution in [2.75, 3.05) is 18.9 Å². The predicted octanol–water partition coefficient (Wildman–Crippen LogP) is 4.08. The lowest BCUT2D eigenvalue weighted by Gasteiger charge is -2.22. The Balaban J connectivity index is 1.94. The maximum atomic E-state index is 12.5. The highest BCUT2D eigenvalue weighted by Crippen LogP contribution is 2.23. The van der Waals surface area contributed by atoms with Crippen LogP contribution in [0.2, 0.25) is 5.02 Å². The van der Waals surface area contributed by atoms with Gasteiger partial charge in [0.15, 0.2) is 6.10 Å². The molecule has 0 aliphatic carbocycles. The van der Waals surface area contributed by atoms with Gasteiger partial charge in [0, 0.05) is 17.8 Å². The topological polar surface area (TPSA) is 58.6 Å². The average molecular weight is 389 g/mol. The van der Waals surface area contributed by atoms with Crippen LogP contribution in [0.5, 0.6) is 5.75 Å². The van der Waals surface area contributed by atoms with E-state index in [9.17, 15) is 9.59 Å². The first-order chi connectivity index (χ1) is 12.8. The molecule has 0 heterocycles. The summed E-state index contributed by atoms with van der Waals surface area (Å²) in [6.07, 6.45) is 0.0990. The molecular formula is C21H25ClN2O3. The minimum absolute atomic E-state index is 0.0514. The number of para-hydroxylation sites is 1. The van der Waals surface area contributed by atoms with Crippen LogP contribution in [0.25, 0.3) is 0 Å². The summed E-state index contributed by atoms with van der Waals surface area (Å²) in [5, 5.41) is 3.47. The first-order valence-electron chi connectivity index (χ1n) is 8.87. The quantitative estimate of drug-likeness (QED) is 0.777. The number of amides is 2. The number of rotatable bonds is 7. The van der Waals surface area contributed by atoms with E-state index in [4.69, 9.17) is 16.3 Å². The fourth-order valence-corrected chi connectivity index (χ4v) is 2.96. The van der Waals surface area contributed by atoms with Crippen molar-refractivity contribution in [3.63, 3.8) is 0 Å². The number of hydrogen-bond donors (Lipinski definition) is 1. The predicted molar refractivity (Wildman–Crippen MR) is 108 cm³/mol. The zero-order valence-electron chi connectivity index (χ0n) is 16.1. The van der Waals surface area contributed by atoms with E-state index in [1.165, 1.54) is 4.90 Å². The normalized spacial score (nSPS) is 11.6. The van der Waals surface area contributed by atoms with Gasteiger partial charge in [-0.3, -0.25) is 9.59 Å². The van der Waals surface area contributed by atoms with Gasteiger partial charge in [-0.2, -0.15) is 0 Å². The summed E-state index contributed by atoms with van der Waals surface area (Å²) in [5.41, 5.74) is 2.67. The third kappa shape index (κ3) is 5.73. The van der Waals surface area contributed by atoms with Crippen molar-refractivity contribution in [3.8, 4) is 5.75 Å². The van der Waals surface area contributed by atoms with E-state index in [0.29, 0.717) is 10.8 Å². The van der Waals surface area contributed by atoms with Crippen molar-refractivity contribution in [3.05, 3.63) is 58.6 Å². The molecule has 2 aromatic rings. The van der Waals surface area contributed by atoms with Crippen LogP contribution in [-0.4, -0.2) is 36.4 Å². The number of hydrogen-bond acceptors (Lipinski definition) is 3. The number of likely N-dealkylation sites (N-methyl/N-ethyl adjacent to an activating group) is 1. The van der Waals surface area contributed by atoms with Gasteiger partial charge in [-0.05, 0) is 55.7 Å². The highest BCUT2D eigenvalue weighted by atomic mass is 35.5. The minimum Gasteiger partial charge on any atom is -0.481 e. The largest absolute Gasteiger partial charge is 0.481 e. The van der Waals surface area contributed by atoms with Crippen LogP contribution >= 0.6 is 11.6 Å². The van der Waals surface area contributed by atoms with Crippen LogP contribution in [0, 0.1) is 6.92 Å². The van der Waals surface area contributed by atoms with Gasteiger partial charge in [-0.15, -0.1) is 0 Å².